The van der Waals surface area contributed by atoms with Gasteiger partial charge >= 0.3 is 0 Å². The zero-order chi connectivity index (χ0) is 27.4. The summed E-state index contributed by atoms with van der Waals surface area (Å²) in [6.45, 7) is 1.95. The largest absolute Gasteiger partial charge is 0.382 e. The predicted molar refractivity (Wildman–Crippen MR) is 149 cm³/mol. The van der Waals surface area contributed by atoms with E-state index in [1.165, 1.54) is 0 Å². The third-order valence-corrected chi connectivity index (χ3v) is 7.63. The molecule has 0 aromatic heterocycles. The van der Waals surface area contributed by atoms with Gasteiger partial charge in [0.15, 0.2) is 17.3 Å². The molecule has 5 atom stereocenters. The van der Waals surface area contributed by atoms with Gasteiger partial charge in [-0.25, -0.2) is 0 Å². The van der Waals surface area contributed by atoms with Crippen molar-refractivity contribution in [2.75, 3.05) is 6.61 Å². The molecule has 1 fully saturated rings. The van der Waals surface area contributed by atoms with E-state index < -0.39 is 35.2 Å². The first-order valence-corrected chi connectivity index (χ1v) is 13.2. The molecule has 4 aromatic rings. The van der Waals surface area contributed by atoms with Gasteiger partial charge in [0.2, 0.25) is 0 Å². The van der Waals surface area contributed by atoms with Crippen molar-refractivity contribution in [3.05, 3.63) is 144 Å². The molecule has 39 heavy (non-hydrogen) atoms. The minimum Gasteiger partial charge on any atom is -0.382 e. The van der Waals surface area contributed by atoms with Gasteiger partial charge in [-0.2, -0.15) is 0 Å². The minimum absolute atomic E-state index is 0.177. The second-order valence-electron chi connectivity index (χ2n) is 9.79. The number of benzene rings is 4. The van der Waals surface area contributed by atoms with Crippen LogP contribution in [-0.2, 0) is 10.3 Å². The van der Waals surface area contributed by atoms with Crippen molar-refractivity contribution < 1.29 is 24.2 Å². The Kier molecular flexibility index (Phi) is 7.64. The van der Waals surface area contributed by atoms with E-state index in [4.69, 9.17) is 4.74 Å². The van der Waals surface area contributed by atoms with E-state index in [2.05, 4.69) is 0 Å². The number of Topliss-reactive ketones (excluding diaryl/α,β-unsaturated/α-hetero) is 3. The van der Waals surface area contributed by atoms with Gasteiger partial charge in [-0.05, 0) is 12.5 Å². The summed E-state index contributed by atoms with van der Waals surface area (Å²) >= 11 is 0. The van der Waals surface area contributed by atoms with Crippen molar-refractivity contribution in [1.29, 1.82) is 0 Å². The maximum absolute atomic E-state index is 14.4. The van der Waals surface area contributed by atoms with Crippen molar-refractivity contribution >= 4 is 17.3 Å². The van der Waals surface area contributed by atoms with Crippen LogP contribution in [-0.4, -0.2) is 35.2 Å². The second-order valence-corrected chi connectivity index (χ2v) is 9.79. The van der Waals surface area contributed by atoms with Crippen LogP contribution in [0.2, 0.25) is 0 Å². The molecule has 0 aliphatic heterocycles. The van der Waals surface area contributed by atoms with Gasteiger partial charge in [0.05, 0.1) is 11.8 Å². The topological polar surface area (TPSA) is 80.7 Å². The fourth-order valence-electron chi connectivity index (χ4n) is 5.93. The first-order chi connectivity index (χ1) is 19.0. The molecule has 0 radical (unpaired) electrons. The number of aliphatic hydroxyl groups is 1. The molecular weight excluding hydrogens is 488 g/mol. The summed E-state index contributed by atoms with van der Waals surface area (Å²) in [6.07, 6.45) is -1.15. The molecule has 0 heterocycles. The van der Waals surface area contributed by atoms with E-state index in [1.807, 2.05) is 6.07 Å². The molecule has 5 heteroatoms. The third kappa shape index (κ3) is 4.76. The van der Waals surface area contributed by atoms with Gasteiger partial charge in [0, 0.05) is 29.2 Å². The average Bonchev–Trinajstić information content (AvgIpc) is 3.27. The van der Waals surface area contributed by atoms with Crippen LogP contribution in [0.25, 0.3) is 0 Å². The lowest BCUT2D eigenvalue weighted by Gasteiger charge is -2.36. The van der Waals surface area contributed by atoms with Crippen molar-refractivity contribution in [3.63, 3.8) is 0 Å². The average molecular weight is 519 g/mol. The number of ketones is 3. The highest BCUT2D eigenvalue weighted by molar-refractivity contribution is 6.10. The molecule has 5 rings (SSSR count). The maximum Gasteiger partial charge on any atom is 0.170 e. The van der Waals surface area contributed by atoms with Crippen molar-refractivity contribution in [3.8, 4) is 0 Å². The number of hydrogen-bond donors (Lipinski definition) is 1. The SMILES string of the molecule is CCO[C@H]1[C@@H](C(=O)c2ccccc2)[C@H](C(=O)c2ccccc2)[C@@H](C(=O)c2ccccc2)[C@]1(O)c1ccccc1. The highest BCUT2D eigenvalue weighted by Crippen LogP contribution is 2.55. The molecule has 0 amide bonds. The van der Waals surface area contributed by atoms with Crippen LogP contribution >= 0.6 is 0 Å². The molecule has 0 saturated heterocycles. The Balaban J connectivity index is 1.79. The fraction of sp³-hybridized carbons (Fsp3) is 0.206. The van der Waals surface area contributed by atoms with E-state index in [0.717, 1.165) is 0 Å². The molecule has 1 aliphatic carbocycles. The number of carbonyl (C=O) groups excluding carboxylic acids is 3. The summed E-state index contributed by atoms with van der Waals surface area (Å²) in [6, 6.07) is 34.7. The number of carbonyl (C=O) groups is 3. The van der Waals surface area contributed by atoms with Crippen molar-refractivity contribution in [1.82, 2.24) is 0 Å². The fourth-order valence-corrected chi connectivity index (χ4v) is 5.93. The first-order valence-electron chi connectivity index (χ1n) is 13.2. The number of ether oxygens (including phenoxy) is 1. The van der Waals surface area contributed by atoms with Crippen LogP contribution < -0.4 is 0 Å². The Bertz CT molecular complexity index is 1440. The summed E-state index contributed by atoms with van der Waals surface area (Å²) in [5.41, 5.74) is -0.417. The van der Waals surface area contributed by atoms with Crippen LogP contribution in [0.4, 0.5) is 0 Å². The molecule has 0 bridgehead atoms. The monoisotopic (exact) mass is 518 g/mol. The second kappa shape index (κ2) is 11.3. The maximum atomic E-state index is 14.4. The van der Waals surface area contributed by atoms with Crippen molar-refractivity contribution in [2.24, 2.45) is 17.8 Å². The van der Waals surface area contributed by atoms with Gasteiger partial charge in [-0.15, -0.1) is 0 Å². The number of hydrogen-bond acceptors (Lipinski definition) is 5. The highest BCUT2D eigenvalue weighted by atomic mass is 16.5. The molecule has 1 saturated carbocycles. The lowest BCUT2D eigenvalue weighted by atomic mass is 9.73. The summed E-state index contributed by atoms with van der Waals surface area (Å²) < 4.78 is 6.19. The summed E-state index contributed by atoms with van der Waals surface area (Å²) in [5, 5.41) is 12.7. The van der Waals surface area contributed by atoms with Crippen LogP contribution in [0.5, 0.6) is 0 Å². The van der Waals surface area contributed by atoms with E-state index >= 15 is 0 Å². The Labute approximate surface area is 228 Å². The molecule has 5 nitrogen and oxygen atoms in total. The van der Waals surface area contributed by atoms with Crippen LogP contribution in [0.1, 0.15) is 43.6 Å². The molecule has 196 valence electrons. The van der Waals surface area contributed by atoms with Gasteiger partial charge < -0.3 is 9.84 Å². The summed E-state index contributed by atoms with van der Waals surface area (Å²) in [7, 11) is 0. The Hall–Kier alpha value is -4.19. The van der Waals surface area contributed by atoms with Gasteiger partial charge in [-0.1, -0.05) is 121 Å². The lowest BCUT2D eigenvalue weighted by Crippen LogP contribution is -2.47. The van der Waals surface area contributed by atoms with Crippen LogP contribution in [0.3, 0.4) is 0 Å². The lowest BCUT2D eigenvalue weighted by molar-refractivity contribution is -0.115. The Morgan fingerprint density at radius 1 is 0.615 bits per heavy atom. The van der Waals surface area contributed by atoms with Gasteiger partial charge in [0.1, 0.15) is 11.7 Å². The normalized spacial score (nSPS) is 24.3. The summed E-state index contributed by atoms with van der Waals surface area (Å²) in [5.74, 6) is -4.69. The zero-order valence-corrected chi connectivity index (χ0v) is 21.6. The molecule has 4 aromatic carbocycles. The molecule has 0 spiro atoms. The van der Waals surface area contributed by atoms with Gasteiger partial charge in [-0.3, -0.25) is 14.4 Å². The van der Waals surface area contributed by atoms with E-state index in [0.29, 0.717) is 22.3 Å². The molecule has 1 N–H and O–H groups in total. The molecular formula is C34H30O5. The number of rotatable bonds is 9. The first kappa shape index (κ1) is 26.4. The van der Waals surface area contributed by atoms with E-state index in [-0.39, 0.29) is 18.2 Å². The Morgan fingerprint density at radius 2 is 1.00 bits per heavy atom. The smallest absolute Gasteiger partial charge is 0.170 e. The standard InChI is InChI=1S/C34H30O5/c1-2-39-33-28(31(36)24-17-9-4-10-18-24)27(30(35)23-15-7-3-8-16-23)29(32(37)25-19-11-5-12-20-25)34(33,38)26-21-13-6-14-22-26/h3-22,27-29,33,38H,2H2,1H3/t27-,28+,29-,33-,34+/m0/s1. The quantitative estimate of drug-likeness (QED) is 0.284. The minimum atomic E-state index is -1.95. The van der Waals surface area contributed by atoms with E-state index in [1.54, 1.807) is 122 Å². The van der Waals surface area contributed by atoms with Crippen LogP contribution in [0.15, 0.2) is 121 Å². The van der Waals surface area contributed by atoms with Crippen molar-refractivity contribution in [2.45, 2.75) is 18.6 Å². The van der Waals surface area contributed by atoms with Crippen LogP contribution in [0, 0.1) is 17.8 Å². The predicted octanol–water partition coefficient (Wildman–Crippen LogP) is 5.79. The Morgan fingerprint density at radius 3 is 1.44 bits per heavy atom. The van der Waals surface area contributed by atoms with E-state index in [9.17, 15) is 19.5 Å². The third-order valence-electron chi connectivity index (χ3n) is 7.63. The highest BCUT2D eigenvalue weighted by Gasteiger charge is 2.67. The molecule has 1 aliphatic rings. The molecule has 0 unspecified atom stereocenters. The van der Waals surface area contributed by atoms with Gasteiger partial charge in [0.25, 0.3) is 0 Å². The summed E-state index contributed by atoms with van der Waals surface area (Å²) in [4.78, 5) is 42.9. The zero-order valence-electron chi connectivity index (χ0n) is 21.6.